The fourth-order valence-corrected chi connectivity index (χ4v) is 4.39. The van der Waals surface area contributed by atoms with E-state index in [1.807, 2.05) is 0 Å². The van der Waals surface area contributed by atoms with Gasteiger partial charge in [0.1, 0.15) is 0 Å². The lowest BCUT2D eigenvalue weighted by molar-refractivity contribution is 0.0440. The Kier molecular flexibility index (Phi) is 5.15. The molecule has 2 rings (SSSR count). The van der Waals surface area contributed by atoms with E-state index in [2.05, 4.69) is 32.9 Å². The highest BCUT2D eigenvalue weighted by Crippen LogP contribution is 2.60. The number of hydrogen-bond acceptors (Lipinski definition) is 3. The van der Waals surface area contributed by atoms with Crippen molar-refractivity contribution < 1.29 is 5.11 Å². The maximum Gasteiger partial charge on any atom is 0.0549 e. The Bertz CT molecular complexity index is 415. The van der Waals surface area contributed by atoms with Crippen molar-refractivity contribution in [1.82, 2.24) is 0 Å². The highest BCUT2D eigenvalue weighted by Gasteiger charge is 2.56. The fourth-order valence-electron chi connectivity index (χ4n) is 4.39. The molecular weight excluding hydrogens is 260 g/mol. The Hall–Kier alpha value is -0.800. The minimum absolute atomic E-state index is 0.0423. The van der Waals surface area contributed by atoms with Crippen molar-refractivity contribution in [3.05, 3.63) is 23.9 Å². The molecule has 2 aliphatic rings. The molecule has 0 aromatic heterocycles. The summed E-state index contributed by atoms with van der Waals surface area (Å²) in [6.45, 7) is 6.71. The van der Waals surface area contributed by atoms with Crippen LogP contribution < -0.4 is 11.5 Å². The average molecular weight is 292 g/mol. The zero-order valence-electron chi connectivity index (χ0n) is 13.8. The molecule has 120 valence electrons. The lowest BCUT2D eigenvalue weighted by atomic mass is 9.57. The lowest BCUT2D eigenvalue weighted by Gasteiger charge is -2.49. The van der Waals surface area contributed by atoms with Crippen molar-refractivity contribution in [2.45, 2.75) is 65.0 Å². The molecule has 0 radical (unpaired) electrons. The first-order chi connectivity index (χ1) is 9.94. The van der Waals surface area contributed by atoms with Crippen molar-refractivity contribution in [3.63, 3.8) is 0 Å². The molecule has 5 atom stereocenters. The molecule has 4 unspecified atom stereocenters. The van der Waals surface area contributed by atoms with Crippen LogP contribution in [0.15, 0.2) is 23.9 Å². The summed E-state index contributed by atoms with van der Waals surface area (Å²) >= 11 is 0. The first kappa shape index (κ1) is 16.6. The fraction of sp³-hybridized carbons (Fsp3) is 0.778. The first-order valence-electron chi connectivity index (χ1n) is 8.48. The third-order valence-corrected chi connectivity index (χ3v) is 5.98. The molecule has 2 aliphatic carbocycles. The molecule has 5 N–H and O–H groups in total. The monoisotopic (exact) mass is 292 g/mol. The average Bonchev–Trinajstić information content (AvgIpc) is 2.66. The van der Waals surface area contributed by atoms with Crippen LogP contribution in [0.2, 0.25) is 0 Å². The number of nitrogens with two attached hydrogens (primary N) is 2. The standard InChI is InChI=1S/C18H32N2O/c1-4-13(12(2)3)5-6-14(11-19)17(20)18-8-7-15(18)9-16(21)10-18/h5-6,11-13,15-17,21H,4,7-10,19-20H2,1-3H3/b6-5-,14-11+/t13?,15?,16-,17?,18?/m1/s1. The van der Waals surface area contributed by atoms with Gasteiger partial charge in [0.15, 0.2) is 0 Å². The van der Waals surface area contributed by atoms with E-state index in [-0.39, 0.29) is 17.6 Å². The summed E-state index contributed by atoms with van der Waals surface area (Å²) in [6, 6.07) is -0.0423. The highest BCUT2D eigenvalue weighted by molar-refractivity contribution is 5.30. The van der Waals surface area contributed by atoms with Crippen LogP contribution in [-0.4, -0.2) is 17.3 Å². The smallest absolute Gasteiger partial charge is 0.0549 e. The van der Waals surface area contributed by atoms with Crippen molar-refractivity contribution in [2.75, 3.05) is 0 Å². The molecule has 0 spiro atoms. The predicted octanol–water partition coefficient (Wildman–Crippen LogP) is 2.95. The van der Waals surface area contributed by atoms with Crippen LogP contribution >= 0.6 is 0 Å². The Morgan fingerprint density at radius 1 is 1.43 bits per heavy atom. The number of aliphatic hydroxyl groups excluding tert-OH is 1. The van der Waals surface area contributed by atoms with Gasteiger partial charge in [0, 0.05) is 6.04 Å². The molecule has 0 aliphatic heterocycles. The topological polar surface area (TPSA) is 72.3 Å². The summed E-state index contributed by atoms with van der Waals surface area (Å²) < 4.78 is 0. The number of fused-ring (bicyclic) bond motifs is 1. The Balaban J connectivity index is 2.10. The van der Waals surface area contributed by atoms with E-state index in [4.69, 9.17) is 11.5 Å². The normalized spacial score (nSPS) is 35.8. The van der Waals surface area contributed by atoms with Gasteiger partial charge in [-0.1, -0.05) is 32.9 Å². The van der Waals surface area contributed by atoms with Crippen molar-refractivity contribution in [2.24, 2.45) is 34.6 Å². The summed E-state index contributed by atoms with van der Waals surface area (Å²) in [7, 11) is 0. The van der Waals surface area contributed by atoms with Crippen molar-refractivity contribution in [1.29, 1.82) is 0 Å². The zero-order valence-corrected chi connectivity index (χ0v) is 13.8. The largest absolute Gasteiger partial charge is 0.404 e. The van der Waals surface area contributed by atoms with Crippen LogP contribution in [0.1, 0.15) is 52.9 Å². The molecule has 2 fully saturated rings. The van der Waals surface area contributed by atoms with Crippen molar-refractivity contribution >= 4 is 0 Å². The van der Waals surface area contributed by atoms with Gasteiger partial charge in [-0.2, -0.15) is 0 Å². The van der Waals surface area contributed by atoms with Gasteiger partial charge in [0.25, 0.3) is 0 Å². The van der Waals surface area contributed by atoms with Crippen molar-refractivity contribution in [3.8, 4) is 0 Å². The molecule has 0 saturated heterocycles. The minimum atomic E-state index is -0.175. The summed E-state index contributed by atoms with van der Waals surface area (Å²) in [4.78, 5) is 0. The predicted molar refractivity (Wildman–Crippen MR) is 88.4 cm³/mol. The van der Waals surface area contributed by atoms with E-state index in [9.17, 15) is 5.11 Å². The second-order valence-corrected chi connectivity index (χ2v) is 7.38. The van der Waals surface area contributed by atoms with Gasteiger partial charge < -0.3 is 16.6 Å². The van der Waals surface area contributed by atoms with Gasteiger partial charge in [-0.25, -0.2) is 0 Å². The van der Waals surface area contributed by atoms with Crippen LogP contribution in [-0.2, 0) is 0 Å². The van der Waals surface area contributed by atoms with E-state index >= 15 is 0 Å². The molecule has 0 heterocycles. The van der Waals surface area contributed by atoms with Gasteiger partial charge in [-0.3, -0.25) is 0 Å². The van der Waals surface area contributed by atoms with Crippen LogP contribution in [0, 0.1) is 23.2 Å². The van der Waals surface area contributed by atoms with Crippen LogP contribution in [0.3, 0.4) is 0 Å². The van der Waals surface area contributed by atoms with Gasteiger partial charge >= 0.3 is 0 Å². The minimum Gasteiger partial charge on any atom is -0.404 e. The summed E-state index contributed by atoms with van der Waals surface area (Å²) in [5, 5.41) is 9.98. The maximum absolute atomic E-state index is 9.98. The summed E-state index contributed by atoms with van der Waals surface area (Å²) in [5.74, 6) is 1.78. The number of hydrogen-bond donors (Lipinski definition) is 3. The summed E-state index contributed by atoms with van der Waals surface area (Å²) in [6.07, 6.45) is 11.1. The van der Waals surface area contributed by atoms with E-state index in [1.54, 1.807) is 6.20 Å². The zero-order chi connectivity index (χ0) is 15.6. The Labute approximate surface area is 129 Å². The molecule has 3 nitrogen and oxygen atoms in total. The third-order valence-electron chi connectivity index (χ3n) is 5.98. The molecule has 3 heteroatoms. The van der Waals surface area contributed by atoms with Gasteiger partial charge in [-0.05, 0) is 67.0 Å². The van der Waals surface area contributed by atoms with Gasteiger partial charge in [0.2, 0.25) is 0 Å². The Morgan fingerprint density at radius 2 is 2.14 bits per heavy atom. The summed E-state index contributed by atoms with van der Waals surface area (Å²) in [5.41, 5.74) is 13.5. The van der Waals surface area contributed by atoms with Crippen LogP contribution in [0.4, 0.5) is 0 Å². The number of rotatable bonds is 6. The molecule has 0 amide bonds. The number of allylic oxidation sites excluding steroid dienone is 1. The third kappa shape index (κ3) is 3.04. The van der Waals surface area contributed by atoms with E-state index in [0.717, 1.165) is 31.3 Å². The molecule has 0 bridgehead atoms. The van der Waals surface area contributed by atoms with E-state index in [1.165, 1.54) is 6.42 Å². The lowest BCUT2D eigenvalue weighted by Crippen LogP contribution is -2.51. The van der Waals surface area contributed by atoms with Crippen LogP contribution in [0.25, 0.3) is 0 Å². The second kappa shape index (κ2) is 6.53. The molecular formula is C18H32N2O. The Morgan fingerprint density at radius 3 is 2.57 bits per heavy atom. The van der Waals surface area contributed by atoms with Gasteiger partial charge in [-0.15, -0.1) is 0 Å². The highest BCUT2D eigenvalue weighted by atomic mass is 16.3. The quantitative estimate of drug-likeness (QED) is 0.659. The maximum atomic E-state index is 9.98. The van der Waals surface area contributed by atoms with Gasteiger partial charge in [0.05, 0.1) is 6.10 Å². The van der Waals surface area contributed by atoms with E-state index in [0.29, 0.717) is 17.8 Å². The number of aliphatic hydroxyl groups is 1. The van der Waals surface area contributed by atoms with E-state index < -0.39 is 0 Å². The SMILES string of the molecule is CCC(/C=C\C(=C/N)C(N)C12CCC1C[C@@H](O)C2)C(C)C. The molecule has 0 aromatic carbocycles. The molecule has 0 aromatic rings. The second-order valence-electron chi connectivity index (χ2n) is 7.38. The molecule has 21 heavy (non-hydrogen) atoms. The first-order valence-corrected chi connectivity index (χ1v) is 8.48. The van der Waals surface area contributed by atoms with Crippen LogP contribution in [0.5, 0.6) is 0 Å². The molecule has 2 saturated carbocycles.